The highest BCUT2D eigenvalue weighted by Gasteiger charge is 2.29. The van der Waals surface area contributed by atoms with Crippen molar-refractivity contribution in [3.05, 3.63) is 65.5 Å². The zero-order valence-corrected chi connectivity index (χ0v) is 18.6. The predicted octanol–water partition coefficient (Wildman–Crippen LogP) is 5.33. The number of rotatable bonds is 9. The molecular formula is C26H31FN2O3. The molecule has 6 heteroatoms. The molecule has 1 amide bonds. The second kappa shape index (κ2) is 10.6. The van der Waals surface area contributed by atoms with Crippen LogP contribution >= 0.6 is 0 Å². The lowest BCUT2D eigenvalue weighted by Crippen LogP contribution is -2.37. The van der Waals surface area contributed by atoms with Crippen molar-refractivity contribution in [1.82, 2.24) is 4.90 Å². The van der Waals surface area contributed by atoms with Crippen LogP contribution in [-0.2, 0) is 16.2 Å². The molecule has 2 aromatic rings. The predicted molar refractivity (Wildman–Crippen MR) is 122 cm³/mol. The van der Waals surface area contributed by atoms with Gasteiger partial charge in [0.05, 0.1) is 19.4 Å². The van der Waals surface area contributed by atoms with Crippen LogP contribution in [-0.4, -0.2) is 36.3 Å². The summed E-state index contributed by atoms with van der Waals surface area (Å²) in [6.45, 7) is 0.611. The van der Waals surface area contributed by atoms with Crippen molar-refractivity contribution >= 4 is 11.6 Å². The minimum atomic E-state index is -0.292. The Morgan fingerprint density at radius 3 is 2.69 bits per heavy atom. The number of hydrogen-bond acceptors (Lipinski definition) is 4. The highest BCUT2D eigenvalue weighted by atomic mass is 19.1. The average molecular weight is 439 g/mol. The number of methoxy groups -OCH3 is 1. The fourth-order valence-electron chi connectivity index (χ4n) is 4.69. The first kappa shape index (κ1) is 22.3. The van der Waals surface area contributed by atoms with Gasteiger partial charge in [-0.1, -0.05) is 61.2 Å². The number of carbonyl (C=O) groups excluding carboxylic acids is 1. The number of carbonyl (C=O) groups is 1. The number of amides is 1. The molecule has 0 spiro atoms. The van der Waals surface area contributed by atoms with Gasteiger partial charge in [0.25, 0.3) is 0 Å². The molecule has 1 saturated carbocycles. The molecule has 2 aliphatic rings. The molecule has 0 saturated heterocycles. The number of ether oxygens (including phenoxy) is 1. The molecule has 4 rings (SSSR count). The number of halogens is 1. The van der Waals surface area contributed by atoms with E-state index in [1.807, 2.05) is 24.3 Å². The molecule has 170 valence electrons. The minimum absolute atomic E-state index is 0.0505. The molecule has 1 aliphatic heterocycles. The van der Waals surface area contributed by atoms with Crippen molar-refractivity contribution < 1.29 is 18.8 Å². The Labute approximate surface area is 189 Å². The molecule has 0 radical (unpaired) electrons. The number of oxime groups is 1. The van der Waals surface area contributed by atoms with Crippen LogP contribution in [0.4, 0.5) is 4.39 Å². The van der Waals surface area contributed by atoms with E-state index in [1.165, 1.54) is 31.7 Å². The SMILES string of the molecule is COc1ccccc1C1=NO[C@H](CN(Cc2ccccc2F)C(=O)CCC2CCCC2)C1. The third-order valence-corrected chi connectivity index (χ3v) is 6.49. The van der Waals surface area contributed by atoms with Gasteiger partial charge in [-0.05, 0) is 30.5 Å². The zero-order valence-electron chi connectivity index (χ0n) is 18.6. The fourth-order valence-corrected chi connectivity index (χ4v) is 4.69. The molecule has 5 nitrogen and oxygen atoms in total. The maximum absolute atomic E-state index is 14.3. The van der Waals surface area contributed by atoms with Gasteiger partial charge in [-0.3, -0.25) is 4.79 Å². The van der Waals surface area contributed by atoms with Crippen LogP contribution in [0.15, 0.2) is 53.7 Å². The molecule has 0 bridgehead atoms. The molecule has 2 aromatic carbocycles. The van der Waals surface area contributed by atoms with Crippen LogP contribution in [0, 0.1) is 11.7 Å². The van der Waals surface area contributed by atoms with E-state index in [0.717, 1.165) is 23.4 Å². The summed E-state index contributed by atoms with van der Waals surface area (Å²) >= 11 is 0. The van der Waals surface area contributed by atoms with Crippen LogP contribution in [0.3, 0.4) is 0 Å². The van der Waals surface area contributed by atoms with Gasteiger partial charge in [-0.2, -0.15) is 0 Å². The van der Waals surface area contributed by atoms with E-state index in [0.29, 0.717) is 30.9 Å². The maximum atomic E-state index is 14.3. The number of para-hydroxylation sites is 1. The second-order valence-corrected chi connectivity index (χ2v) is 8.72. The molecule has 1 aliphatic carbocycles. The van der Waals surface area contributed by atoms with E-state index >= 15 is 0 Å². The van der Waals surface area contributed by atoms with E-state index in [9.17, 15) is 9.18 Å². The Balaban J connectivity index is 1.42. The Morgan fingerprint density at radius 1 is 1.16 bits per heavy atom. The van der Waals surface area contributed by atoms with E-state index in [4.69, 9.17) is 9.57 Å². The molecule has 0 N–H and O–H groups in total. The summed E-state index contributed by atoms with van der Waals surface area (Å²) in [6, 6.07) is 14.3. The molecule has 0 unspecified atom stereocenters. The van der Waals surface area contributed by atoms with Gasteiger partial charge in [-0.25, -0.2) is 4.39 Å². The number of hydrogen-bond donors (Lipinski definition) is 0. The largest absolute Gasteiger partial charge is 0.496 e. The third kappa shape index (κ3) is 5.47. The first-order chi connectivity index (χ1) is 15.6. The van der Waals surface area contributed by atoms with Crippen molar-refractivity contribution in [3.8, 4) is 5.75 Å². The summed E-state index contributed by atoms with van der Waals surface area (Å²) in [7, 11) is 1.63. The van der Waals surface area contributed by atoms with Gasteiger partial charge >= 0.3 is 0 Å². The molecule has 1 fully saturated rings. The van der Waals surface area contributed by atoms with Crippen LogP contribution in [0.1, 0.15) is 56.1 Å². The summed E-state index contributed by atoms with van der Waals surface area (Å²) in [4.78, 5) is 20.6. The van der Waals surface area contributed by atoms with Gasteiger partial charge < -0.3 is 14.5 Å². The van der Waals surface area contributed by atoms with Crippen molar-refractivity contribution in [2.75, 3.05) is 13.7 Å². The number of benzene rings is 2. The Bertz CT molecular complexity index is 956. The summed E-state index contributed by atoms with van der Waals surface area (Å²) in [5.74, 6) is 1.14. The Hall–Kier alpha value is -2.89. The van der Waals surface area contributed by atoms with Crippen LogP contribution in [0.25, 0.3) is 0 Å². The normalized spacial score (nSPS) is 18.3. The van der Waals surface area contributed by atoms with Gasteiger partial charge in [0, 0.05) is 30.5 Å². The van der Waals surface area contributed by atoms with E-state index in [2.05, 4.69) is 5.16 Å². The standard InChI is InChI=1S/C26H31FN2O3/c1-31-25-13-7-5-11-22(25)24-16-21(32-28-24)18-29(17-20-10-4-6-12-23(20)27)26(30)15-14-19-8-2-3-9-19/h4-7,10-13,19,21H,2-3,8-9,14-18H2,1H3/t21-/m0/s1. The van der Waals surface area contributed by atoms with Gasteiger partial charge in [-0.15, -0.1) is 0 Å². The van der Waals surface area contributed by atoms with E-state index < -0.39 is 0 Å². The van der Waals surface area contributed by atoms with E-state index in [-0.39, 0.29) is 24.4 Å². The van der Waals surface area contributed by atoms with Gasteiger partial charge in [0.1, 0.15) is 11.6 Å². The van der Waals surface area contributed by atoms with Crippen LogP contribution < -0.4 is 4.74 Å². The Morgan fingerprint density at radius 2 is 1.91 bits per heavy atom. The summed E-state index contributed by atoms with van der Waals surface area (Å²) in [5, 5.41) is 4.27. The molecule has 1 heterocycles. The molecule has 32 heavy (non-hydrogen) atoms. The maximum Gasteiger partial charge on any atom is 0.223 e. The van der Waals surface area contributed by atoms with Crippen molar-refractivity contribution in [2.24, 2.45) is 11.1 Å². The lowest BCUT2D eigenvalue weighted by Gasteiger charge is -2.26. The van der Waals surface area contributed by atoms with Gasteiger partial charge in [0.15, 0.2) is 6.10 Å². The summed E-state index contributed by atoms with van der Waals surface area (Å²) < 4.78 is 19.8. The molecular weight excluding hydrogens is 407 g/mol. The number of nitrogens with zero attached hydrogens (tertiary/aromatic N) is 2. The summed E-state index contributed by atoms with van der Waals surface area (Å²) in [5.41, 5.74) is 2.22. The highest BCUT2D eigenvalue weighted by molar-refractivity contribution is 6.03. The molecule has 1 atom stereocenters. The lowest BCUT2D eigenvalue weighted by molar-refractivity contribution is -0.134. The second-order valence-electron chi connectivity index (χ2n) is 8.72. The lowest BCUT2D eigenvalue weighted by atomic mass is 10.0. The third-order valence-electron chi connectivity index (χ3n) is 6.49. The van der Waals surface area contributed by atoms with Crippen molar-refractivity contribution in [2.45, 2.75) is 57.6 Å². The van der Waals surface area contributed by atoms with E-state index in [1.54, 1.807) is 30.2 Å². The zero-order chi connectivity index (χ0) is 22.3. The van der Waals surface area contributed by atoms with Crippen molar-refractivity contribution in [3.63, 3.8) is 0 Å². The quantitative estimate of drug-likeness (QED) is 0.532. The molecule has 0 aromatic heterocycles. The first-order valence-electron chi connectivity index (χ1n) is 11.5. The minimum Gasteiger partial charge on any atom is -0.496 e. The first-order valence-corrected chi connectivity index (χ1v) is 11.5. The highest BCUT2D eigenvalue weighted by Crippen LogP contribution is 2.29. The van der Waals surface area contributed by atoms with Crippen LogP contribution in [0.5, 0.6) is 5.75 Å². The smallest absolute Gasteiger partial charge is 0.223 e. The topological polar surface area (TPSA) is 51.1 Å². The fraction of sp³-hybridized carbons (Fsp3) is 0.462. The van der Waals surface area contributed by atoms with Crippen LogP contribution in [0.2, 0.25) is 0 Å². The average Bonchev–Trinajstić information content (AvgIpc) is 3.50. The van der Waals surface area contributed by atoms with Gasteiger partial charge in [0.2, 0.25) is 5.91 Å². The Kier molecular flexibility index (Phi) is 7.40. The summed E-state index contributed by atoms with van der Waals surface area (Å²) in [6.07, 6.45) is 6.65. The van der Waals surface area contributed by atoms with Crippen molar-refractivity contribution in [1.29, 1.82) is 0 Å². The monoisotopic (exact) mass is 438 g/mol.